The SMILES string of the molecule is CSc1ccc(C(CN)N(CC(C)C)C(C)C)cc1. The average Bonchev–Trinajstić information content (AvgIpc) is 2.38. The number of benzene rings is 1. The van der Waals surface area contributed by atoms with Crippen molar-refractivity contribution < 1.29 is 0 Å². The van der Waals surface area contributed by atoms with Crippen molar-refractivity contribution in [2.75, 3.05) is 19.3 Å². The van der Waals surface area contributed by atoms with Gasteiger partial charge in [0.25, 0.3) is 0 Å². The summed E-state index contributed by atoms with van der Waals surface area (Å²) < 4.78 is 0. The molecule has 0 saturated carbocycles. The Labute approximate surface area is 122 Å². The molecule has 0 aromatic heterocycles. The molecule has 1 atom stereocenters. The number of nitrogens with zero attached hydrogens (tertiary/aromatic N) is 1. The minimum Gasteiger partial charge on any atom is -0.329 e. The summed E-state index contributed by atoms with van der Waals surface area (Å²) >= 11 is 1.78. The van der Waals surface area contributed by atoms with Gasteiger partial charge < -0.3 is 5.73 Å². The molecule has 1 aromatic rings. The molecule has 108 valence electrons. The molecular formula is C16H28N2S. The van der Waals surface area contributed by atoms with E-state index in [1.54, 1.807) is 11.8 Å². The van der Waals surface area contributed by atoms with E-state index in [9.17, 15) is 0 Å². The number of hydrogen-bond donors (Lipinski definition) is 1. The van der Waals surface area contributed by atoms with Gasteiger partial charge in [-0.2, -0.15) is 0 Å². The molecule has 0 heterocycles. The third kappa shape index (κ3) is 4.83. The van der Waals surface area contributed by atoms with Crippen molar-refractivity contribution in [3.8, 4) is 0 Å². The summed E-state index contributed by atoms with van der Waals surface area (Å²) in [7, 11) is 0. The third-order valence-electron chi connectivity index (χ3n) is 3.36. The fourth-order valence-electron chi connectivity index (χ4n) is 2.41. The van der Waals surface area contributed by atoms with Crippen LogP contribution in [-0.2, 0) is 0 Å². The first-order valence-corrected chi connectivity index (χ1v) is 8.31. The highest BCUT2D eigenvalue weighted by Gasteiger charge is 2.22. The molecule has 0 aliphatic rings. The highest BCUT2D eigenvalue weighted by molar-refractivity contribution is 7.98. The zero-order valence-electron chi connectivity index (χ0n) is 12.9. The fourth-order valence-corrected chi connectivity index (χ4v) is 2.82. The molecule has 0 spiro atoms. The molecule has 1 rings (SSSR count). The summed E-state index contributed by atoms with van der Waals surface area (Å²) in [5, 5.41) is 0. The number of nitrogens with two attached hydrogens (primary N) is 1. The van der Waals surface area contributed by atoms with Gasteiger partial charge in [0.05, 0.1) is 0 Å². The molecule has 0 aliphatic heterocycles. The second-order valence-corrected chi connectivity index (χ2v) is 6.59. The Morgan fingerprint density at radius 1 is 1.11 bits per heavy atom. The van der Waals surface area contributed by atoms with Crippen molar-refractivity contribution in [1.29, 1.82) is 0 Å². The van der Waals surface area contributed by atoms with Crippen LogP contribution in [0.2, 0.25) is 0 Å². The van der Waals surface area contributed by atoms with Gasteiger partial charge in [0.15, 0.2) is 0 Å². The first-order chi connectivity index (χ1) is 8.99. The van der Waals surface area contributed by atoms with Gasteiger partial charge in [-0.3, -0.25) is 4.90 Å². The molecule has 3 heteroatoms. The van der Waals surface area contributed by atoms with Gasteiger partial charge in [0.1, 0.15) is 0 Å². The average molecular weight is 280 g/mol. The second-order valence-electron chi connectivity index (χ2n) is 5.71. The van der Waals surface area contributed by atoms with E-state index in [2.05, 4.69) is 63.1 Å². The van der Waals surface area contributed by atoms with E-state index in [4.69, 9.17) is 5.73 Å². The Morgan fingerprint density at radius 2 is 1.68 bits per heavy atom. The topological polar surface area (TPSA) is 29.3 Å². The quantitative estimate of drug-likeness (QED) is 0.771. The van der Waals surface area contributed by atoms with Crippen LogP contribution in [-0.4, -0.2) is 30.3 Å². The van der Waals surface area contributed by atoms with E-state index >= 15 is 0 Å². The largest absolute Gasteiger partial charge is 0.329 e. The van der Waals surface area contributed by atoms with Crippen LogP contribution in [0, 0.1) is 5.92 Å². The van der Waals surface area contributed by atoms with Crippen molar-refractivity contribution >= 4 is 11.8 Å². The third-order valence-corrected chi connectivity index (χ3v) is 4.11. The predicted molar refractivity (Wildman–Crippen MR) is 86.7 cm³/mol. The maximum Gasteiger partial charge on any atom is 0.0473 e. The van der Waals surface area contributed by atoms with Crippen LogP contribution in [0.3, 0.4) is 0 Å². The van der Waals surface area contributed by atoms with Gasteiger partial charge in [-0.05, 0) is 43.7 Å². The Balaban J connectivity index is 2.94. The molecule has 19 heavy (non-hydrogen) atoms. The summed E-state index contributed by atoms with van der Waals surface area (Å²) in [6.45, 7) is 10.8. The van der Waals surface area contributed by atoms with Crippen LogP contribution in [0.15, 0.2) is 29.2 Å². The summed E-state index contributed by atoms with van der Waals surface area (Å²) in [6.07, 6.45) is 2.11. The van der Waals surface area contributed by atoms with Gasteiger partial charge in [-0.15, -0.1) is 11.8 Å². The van der Waals surface area contributed by atoms with E-state index in [-0.39, 0.29) is 0 Å². The molecule has 0 amide bonds. The van der Waals surface area contributed by atoms with E-state index in [1.165, 1.54) is 10.5 Å². The molecule has 2 nitrogen and oxygen atoms in total. The van der Waals surface area contributed by atoms with Crippen LogP contribution in [0.4, 0.5) is 0 Å². The molecular weight excluding hydrogens is 252 g/mol. The van der Waals surface area contributed by atoms with Gasteiger partial charge in [0, 0.05) is 30.1 Å². The smallest absolute Gasteiger partial charge is 0.0473 e. The van der Waals surface area contributed by atoms with Crippen LogP contribution in [0.25, 0.3) is 0 Å². The lowest BCUT2D eigenvalue weighted by Gasteiger charge is -2.36. The number of hydrogen-bond acceptors (Lipinski definition) is 3. The maximum atomic E-state index is 6.04. The lowest BCUT2D eigenvalue weighted by atomic mass is 10.0. The van der Waals surface area contributed by atoms with Crippen molar-refractivity contribution in [1.82, 2.24) is 4.90 Å². The highest BCUT2D eigenvalue weighted by atomic mass is 32.2. The van der Waals surface area contributed by atoms with Gasteiger partial charge in [-0.1, -0.05) is 26.0 Å². The van der Waals surface area contributed by atoms with Crippen LogP contribution < -0.4 is 5.73 Å². The highest BCUT2D eigenvalue weighted by Crippen LogP contribution is 2.25. The van der Waals surface area contributed by atoms with Crippen LogP contribution in [0.5, 0.6) is 0 Å². The van der Waals surface area contributed by atoms with Crippen molar-refractivity contribution in [2.45, 2.75) is 44.7 Å². The summed E-state index contributed by atoms with van der Waals surface area (Å²) in [5.41, 5.74) is 7.37. The van der Waals surface area contributed by atoms with Crippen molar-refractivity contribution in [3.05, 3.63) is 29.8 Å². The molecule has 1 unspecified atom stereocenters. The number of thioether (sulfide) groups is 1. The Bertz CT molecular complexity index is 360. The lowest BCUT2D eigenvalue weighted by Crippen LogP contribution is -2.40. The van der Waals surface area contributed by atoms with Gasteiger partial charge in [0.2, 0.25) is 0 Å². The molecule has 0 radical (unpaired) electrons. The predicted octanol–water partition coefficient (Wildman–Crippen LogP) is 3.77. The van der Waals surface area contributed by atoms with Crippen LogP contribution >= 0.6 is 11.8 Å². The molecule has 0 bridgehead atoms. The summed E-state index contributed by atoms with van der Waals surface area (Å²) in [4.78, 5) is 3.82. The molecule has 1 aromatic carbocycles. The zero-order valence-corrected chi connectivity index (χ0v) is 13.7. The number of rotatable bonds is 7. The zero-order chi connectivity index (χ0) is 14.4. The fraction of sp³-hybridized carbons (Fsp3) is 0.625. The molecule has 2 N–H and O–H groups in total. The van der Waals surface area contributed by atoms with Crippen molar-refractivity contribution in [2.24, 2.45) is 11.7 Å². The molecule has 0 saturated heterocycles. The minimum absolute atomic E-state index is 0.318. The molecule has 0 fully saturated rings. The summed E-state index contributed by atoms with van der Waals surface area (Å²) in [5.74, 6) is 0.655. The Hall–Kier alpha value is -0.510. The Morgan fingerprint density at radius 3 is 2.05 bits per heavy atom. The van der Waals surface area contributed by atoms with E-state index in [0.717, 1.165) is 6.54 Å². The normalized spacial score (nSPS) is 13.5. The molecule has 0 aliphatic carbocycles. The van der Waals surface area contributed by atoms with Crippen molar-refractivity contribution in [3.63, 3.8) is 0 Å². The van der Waals surface area contributed by atoms with E-state index < -0.39 is 0 Å². The van der Waals surface area contributed by atoms with Gasteiger partial charge in [-0.25, -0.2) is 0 Å². The summed E-state index contributed by atoms with van der Waals surface area (Å²) in [6, 6.07) is 9.65. The second kappa shape index (κ2) is 7.93. The van der Waals surface area contributed by atoms with E-state index in [0.29, 0.717) is 24.5 Å². The monoisotopic (exact) mass is 280 g/mol. The first-order valence-electron chi connectivity index (χ1n) is 7.09. The Kier molecular flexibility index (Phi) is 6.90. The maximum absolute atomic E-state index is 6.04. The standard InChI is InChI=1S/C16H28N2S/c1-12(2)11-18(13(3)4)16(10-17)14-6-8-15(19-5)9-7-14/h6-9,12-13,16H,10-11,17H2,1-5H3. The van der Waals surface area contributed by atoms with E-state index in [1.807, 2.05) is 0 Å². The lowest BCUT2D eigenvalue weighted by molar-refractivity contribution is 0.138. The minimum atomic E-state index is 0.318. The first kappa shape index (κ1) is 16.5. The van der Waals surface area contributed by atoms with Gasteiger partial charge >= 0.3 is 0 Å². The van der Waals surface area contributed by atoms with Crippen LogP contribution in [0.1, 0.15) is 39.3 Å².